The van der Waals surface area contributed by atoms with Gasteiger partial charge in [0.1, 0.15) is 0 Å². The normalized spacial score (nSPS) is 21.1. The quantitative estimate of drug-likeness (QED) is 0.801. The molecule has 6 nitrogen and oxygen atoms in total. The summed E-state index contributed by atoms with van der Waals surface area (Å²) >= 11 is 0. The highest BCUT2D eigenvalue weighted by Crippen LogP contribution is 2.25. The number of nitrogens with zero attached hydrogens (tertiary/aromatic N) is 2. The number of hydrogen-bond donors (Lipinski definition) is 3. The number of anilines is 1. The number of aromatic amines is 1. The van der Waals surface area contributed by atoms with Gasteiger partial charge in [0, 0.05) is 17.5 Å². The van der Waals surface area contributed by atoms with Crippen LogP contribution >= 0.6 is 0 Å². The monoisotopic (exact) mass is 341 g/mol. The molecule has 1 amide bonds. The molecule has 1 aromatic heterocycles. The number of benzene rings is 1. The summed E-state index contributed by atoms with van der Waals surface area (Å²) < 4.78 is 0. The molecule has 25 heavy (non-hydrogen) atoms. The molecular weight excluding hydrogens is 314 g/mol. The van der Waals surface area contributed by atoms with E-state index >= 15 is 0 Å². The van der Waals surface area contributed by atoms with Crippen molar-refractivity contribution in [3.05, 3.63) is 29.8 Å². The van der Waals surface area contributed by atoms with Crippen molar-refractivity contribution in [1.82, 2.24) is 20.5 Å². The van der Waals surface area contributed by atoms with Crippen LogP contribution in [0.25, 0.3) is 11.4 Å². The molecule has 6 heteroatoms. The van der Waals surface area contributed by atoms with Crippen LogP contribution in [0.5, 0.6) is 0 Å². The maximum Gasteiger partial charge on any atom is 0.249 e. The lowest BCUT2D eigenvalue weighted by atomic mass is 9.87. The van der Waals surface area contributed by atoms with Gasteiger partial charge in [0.15, 0.2) is 5.82 Å². The van der Waals surface area contributed by atoms with Crippen molar-refractivity contribution < 1.29 is 4.79 Å². The Morgan fingerprint density at radius 1 is 1.24 bits per heavy atom. The third-order valence-corrected chi connectivity index (χ3v) is 4.74. The molecule has 0 bridgehead atoms. The highest BCUT2D eigenvalue weighted by atomic mass is 16.2. The van der Waals surface area contributed by atoms with E-state index in [0.29, 0.717) is 17.8 Å². The van der Waals surface area contributed by atoms with Crippen molar-refractivity contribution in [2.75, 3.05) is 11.9 Å². The van der Waals surface area contributed by atoms with Crippen molar-refractivity contribution in [3.8, 4) is 11.4 Å². The number of aromatic nitrogens is 3. The predicted molar refractivity (Wildman–Crippen MR) is 99.3 cm³/mol. The van der Waals surface area contributed by atoms with Gasteiger partial charge in [0.05, 0.1) is 0 Å². The first-order chi connectivity index (χ1) is 11.8. The van der Waals surface area contributed by atoms with E-state index in [-0.39, 0.29) is 17.2 Å². The Balaban J connectivity index is 1.67. The van der Waals surface area contributed by atoms with Gasteiger partial charge in [0.25, 0.3) is 0 Å². The molecule has 0 aliphatic carbocycles. The maximum absolute atomic E-state index is 12.4. The molecule has 1 saturated heterocycles. The van der Waals surface area contributed by atoms with Gasteiger partial charge >= 0.3 is 0 Å². The van der Waals surface area contributed by atoms with Crippen LogP contribution < -0.4 is 10.6 Å². The number of rotatable bonds is 3. The standard InChI is InChI=1S/C19H27N5O/c1-12-11-14(9-10-20-12)17(25)22-18-21-16(23-24-18)13-5-7-15(8-6-13)19(2,3)4/h5-8,12,14,20H,9-11H2,1-4H3,(H2,21,22,23,24,25)/t12-,14-/m0/s1. The number of carbonyl (C=O) groups is 1. The van der Waals surface area contributed by atoms with Crippen LogP contribution in [0.3, 0.4) is 0 Å². The van der Waals surface area contributed by atoms with E-state index in [0.717, 1.165) is 24.9 Å². The lowest BCUT2D eigenvalue weighted by Crippen LogP contribution is -2.40. The summed E-state index contributed by atoms with van der Waals surface area (Å²) in [7, 11) is 0. The van der Waals surface area contributed by atoms with Crippen LogP contribution in [0.2, 0.25) is 0 Å². The lowest BCUT2D eigenvalue weighted by molar-refractivity contribution is -0.120. The van der Waals surface area contributed by atoms with E-state index in [9.17, 15) is 4.79 Å². The SMILES string of the molecule is C[C@H]1C[C@@H](C(=O)Nc2n[nH]c(-c3ccc(C(C)(C)C)cc3)n2)CCN1. The van der Waals surface area contributed by atoms with Crippen LogP contribution in [-0.2, 0) is 10.2 Å². The molecule has 1 fully saturated rings. The second-order valence-electron chi connectivity index (χ2n) is 7.90. The molecule has 1 aliphatic rings. The van der Waals surface area contributed by atoms with Gasteiger partial charge in [-0.25, -0.2) is 0 Å². The molecule has 1 aromatic carbocycles. The largest absolute Gasteiger partial charge is 0.314 e. The molecule has 2 heterocycles. The highest BCUT2D eigenvalue weighted by molar-refractivity contribution is 5.91. The fourth-order valence-corrected chi connectivity index (χ4v) is 3.16. The fraction of sp³-hybridized carbons (Fsp3) is 0.526. The van der Waals surface area contributed by atoms with Crippen molar-refractivity contribution in [3.63, 3.8) is 0 Å². The Morgan fingerprint density at radius 2 is 1.96 bits per heavy atom. The first-order valence-corrected chi connectivity index (χ1v) is 8.90. The average Bonchev–Trinajstić information content (AvgIpc) is 3.02. The van der Waals surface area contributed by atoms with E-state index in [4.69, 9.17) is 0 Å². The number of amides is 1. The molecule has 1 aliphatic heterocycles. The minimum atomic E-state index is 0.00183. The van der Waals surface area contributed by atoms with Crippen molar-refractivity contribution in [2.24, 2.45) is 5.92 Å². The molecule has 0 unspecified atom stereocenters. The molecule has 3 rings (SSSR count). The van der Waals surface area contributed by atoms with Gasteiger partial charge < -0.3 is 5.32 Å². The highest BCUT2D eigenvalue weighted by Gasteiger charge is 2.25. The summed E-state index contributed by atoms with van der Waals surface area (Å²) in [6.45, 7) is 9.54. The zero-order chi connectivity index (χ0) is 18.0. The third-order valence-electron chi connectivity index (χ3n) is 4.74. The van der Waals surface area contributed by atoms with E-state index in [1.807, 2.05) is 12.1 Å². The lowest BCUT2D eigenvalue weighted by Gasteiger charge is -2.26. The Kier molecular flexibility index (Phi) is 4.90. The average molecular weight is 341 g/mol. The van der Waals surface area contributed by atoms with E-state index < -0.39 is 0 Å². The number of H-pyrrole nitrogens is 1. The zero-order valence-corrected chi connectivity index (χ0v) is 15.4. The summed E-state index contributed by atoms with van der Waals surface area (Å²) in [4.78, 5) is 16.8. The molecule has 2 aromatic rings. The second kappa shape index (κ2) is 6.96. The van der Waals surface area contributed by atoms with Gasteiger partial charge in [-0.2, -0.15) is 4.98 Å². The minimum Gasteiger partial charge on any atom is -0.314 e. The molecule has 0 spiro atoms. The number of carbonyl (C=O) groups excluding carboxylic acids is 1. The second-order valence-corrected chi connectivity index (χ2v) is 7.90. The van der Waals surface area contributed by atoms with Crippen LogP contribution in [0.1, 0.15) is 46.1 Å². The molecule has 0 saturated carbocycles. The van der Waals surface area contributed by atoms with Gasteiger partial charge in [-0.15, -0.1) is 5.10 Å². The zero-order valence-electron chi connectivity index (χ0n) is 15.4. The number of hydrogen-bond acceptors (Lipinski definition) is 4. The Bertz CT molecular complexity index is 729. The van der Waals surface area contributed by atoms with Crippen LogP contribution in [0.15, 0.2) is 24.3 Å². The van der Waals surface area contributed by atoms with Crippen molar-refractivity contribution in [2.45, 2.75) is 52.0 Å². The molecule has 2 atom stereocenters. The van der Waals surface area contributed by atoms with Gasteiger partial charge in [-0.3, -0.25) is 15.2 Å². The van der Waals surface area contributed by atoms with Crippen LogP contribution in [0, 0.1) is 5.92 Å². The molecular formula is C19H27N5O. The summed E-state index contributed by atoms with van der Waals surface area (Å²) in [6, 6.07) is 8.63. The Hall–Kier alpha value is -2.21. The van der Waals surface area contributed by atoms with E-state index in [1.54, 1.807) is 0 Å². The van der Waals surface area contributed by atoms with Crippen molar-refractivity contribution in [1.29, 1.82) is 0 Å². The summed E-state index contributed by atoms with van der Waals surface area (Å²) in [6.07, 6.45) is 1.69. The molecule has 0 radical (unpaired) electrons. The molecule has 134 valence electrons. The fourth-order valence-electron chi connectivity index (χ4n) is 3.16. The predicted octanol–water partition coefficient (Wildman–Crippen LogP) is 3.10. The van der Waals surface area contributed by atoms with Gasteiger partial charge in [-0.1, -0.05) is 45.0 Å². The maximum atomic E-state index is 12.4. The Labute approximate surface area is 148 Å². The van der Waals surface area contributed by atoms with E-state index in [2.05, 4.69) is 65.6 Å². The van der Waals surface area contributed by atoms with Gasteiger partial charge in [0.2, 0.25) is 11.9 Å². The Morgan fingerprint density at radius 3 is 2.60 bits per heavy atom. The van der Waals surface area contributed by atoms with Crippen LogP contribution in [-0.4, -0.2) is 33.7 Å². The molecule has 3 N–H and O–H groups in total. The third kappa shape index (κ3) is 4.25. The first kappa shape index (κ1) is 17.6. The first-order valence-electron chi connectivity index (χ1n) is 8.90. The summed E-state index contributed by atoms with van der Waals surface area (Å²) in [5.74, 6) is 1.02. The van der Waals surface area contributed by atoms with Gasteiger partial charge in [-0.05, 0) is 37.3 Å². The summed E-state index contributed by atoms with van der Waals surface area (Å²) in [5.41, 5.74) is 2.34. The topological polar surface area (TPSA) is 82.7 Å². The minimum absolute atomic E-state index is 0.00183. The smallest absolute Gasteiger partial charge is 0.249 e. The number of piperidine rings is 1. The summed E-state index contributed by atoms with van der Waals surface area (Å²) in [5, 5.41) is 13.2. The van der Waals surface area contributed by atoms with Crippen LogP contribution in [0.4, 0.5) is 5.95 Å². The van der Waals surface area contributed by atoms with E-state index in [1.165, 1.54) is 5.56 Å². The van der Waals surface area contributed by atoms with Crippen molar-refractivity contribution >= 4 is 11.9 Å². The number of nitrogens with one attached hydrogen (secondary N) is 3.